The van der Waals surface area contributed by atoms with Gasteiger partial charge in [-0.25, -0.2) is 18.1 Å². The van der Waals surface area contributed by atoms with Crippen LogP contribution in [-0.2, 0) is 23.1 Å². The van der Waals surface area contributed by atoms with E-state index >= 15 is 0 Å². The van der Waals surface area contributed by atoms with Gasteiger partial charge >= 0.3 is 15.5 Å². The Hall–Kier alpha value is -2.46. The highest BCUT2D eigenvalue weighted by atomic mass is 32.2. The van der Waals surface area contributed by atoms with Gasteiger partial charge < -0.3 is 4.42 Å². The van der Waals surface area contributed by atoms with E-state index < -0.39 is 22.1 Å². The first kappa shape index (κ1) is 15.4. The molecule has 0 radical (unpaired) electrons. The van der Waals surface area contributed by atoms with Gasteiger partial charge in [-0.15, -0.1) is 5.10 Å². The minimum Gasteiger partial charge on any atom is -0.441 e. The largest absolute Gasteiger partial charge is 0.511 e. The minimum absolute atomic E-state index is 0.00551. The van der Waals surface area contributed by atoms with Gasteiger partial charge in [0.15, 0.2) is 5.69 Å². The van der Waals surface area contributed by atoms with Crippen LogP contribution in [0.4, 0.5) is 13.2 Å². The highest BCUT2D eigenvalue weighted by Gasteiger charge is 2.50. The van der Waals surface area contributed by atoms with Gasteiger partial charge in [-0.1, -0.05) is 0 Å². The van der Waals surface area contributed by atoms with Gasteiger partial charge in [0.2, 0.25) is 5.82 Å². The molecule has 0 aliphatic carbocycles. The van der Waals surface area contributed by atoms with E-state index in [9.17, 15) is 21.6 Å². The van der Waals surface area contributed by atoms with Gasteiger partial charge in [-0.2, -0.15) is 27.7 Å². The quantitative estimate of drug-likeness (QED) is 0.774. The summed E-state index contributed by atoms with van der Waals surface area (Å²) in [5, 5.41) is 12.6. The van der Waals surface area contributed by atoms with Crippen LogP contribution >= 0.6 is 0 Å². The molecule has 3 rings (SSSR count). The summed E-state index contributed by atoms with van der Waals surface area (Å²) in [5.41, 5.74) is -5.38. The summed E-state index contributed by atoms with van der Waals surface area (Å²) < 4.78 is 67.1. The summed E-state index contributed by atoms with van der Waals surface area (Å²) >= 11 is 0. The van der Waals surface area contributed by atoms with E-state index in [-0.39, 0.29) is 40.6 Å². The fraction of sp³-hybridized carbons (Fsp3) is 0.400. The van der Waals surface area contributed by atoms with Gasteiger partial charge in [-0.05, 0) is 0 Å². The van der Waals surface area contributed by atoms with Crippen LogP contribution in [0.5, 0.6) is 0 Å². The number of halogens is 3. The molecule has 0 spiro atoms. The zero-order valence-corrected chi connectivity index (χ0v) is 12.0. The zero-order valence-electron chi connectivity index (χ0n) is 11.1. The fourth-order valence-electron chi connectivity index (χ4n) is 1.98. The molecule has 2 aromatic rings. The molecule has 0 N–H and O–H groups in total. The maximum atomic E-state index is 12.6. The molecule has 0 unspecified atom stereocenters. The van der Waals surface area contributed by atoms with Gasteiger partial charge in [-0.3, -0.25) is 0 Å². The highest BCUT2D eigenvalue weighted by molar-refractivity contribution is 7.89. The molecule has 0 saturated carbocycles. The number of nitriles is 1. The third-order valence-corrected chi connectivity index (χ3v) is 4.65. The minimum atomic E-state index is -5.43. The lowest BCUT2D eigenvalue weighted by atomic mass is 10.4. The average molecular weight is 348 g/mol. The van der Waals surface area contributed by atoms with Crippen LogP contribution in [0, 0.1) is 11.3 Å². The van der Waals surface area contributed by atoms with Crippen molar-refractivity contribution in [2.24, 2.45) is 0 Å². The Balaban J connectivity index is 1.90. The normalized spacial score (nSPS) is 16.1. The third-order valence-electron chi connectivity index (χ3n) is 3.07. The second-order valence-corrected chi connectivity index (χ2v) is 6.44. The van der Waals surface area contributed by atoms with Crippen LogP contribution in [-0.4, -0.2) is 44.5 Å². The first-order valence-electron chi connectivity index (χ1n) is 6.08. The van der Waals surface area contributed by atoms with Gasteiger partial charge in [0.1, 0.15) is 18.2 Å². The lowest BCUT2D eigenvalue weighted by Crippen LogP contribution is -2.44. The van der Waals surface area contributed by atoms with E-state index in [2.05, 4.69) is 15.1 Å². The maximum absolute atomic E-state index is 12.6. The molecule has 2 aromatic heterocycles. The molecular formula is C10H7F3N6O3S. The van der Waals surface area contributed by atoms with Crippen LogP contribution in [0.3, 0.4) is 0 Å². The van der Waals surface area contributed by atoms with E-state index in [4.69, 9.17) is 9.68 Å². The van der Waals surface area contributed by atoms with Crippen LogP contribution in [0.2, 0.25) is 0 Å². The number of sulfonamides is 1. The van der Waals surface area contributed by atoms with Crippen LogP contribution in [0.25, 0.3) is 11.7 Å². The molecule has 122 valence electrons. The van der Waals surface area contributed by atoms with Crippen molar-refractivity contribution < 1.29 is 26.0 Å². The van der Waals surface area contributed by atoms with Gasteiger partial charge in [0.25, 0.3) is 5.89 Å². The Morgan fingerprint density at radius 2 is 2.04 bits per heavy atom. The number of fused-ring (bicyclic) bond motifs is 1. The van der Waals surface area contributed by atoms with E-state index in [0.29, 0.717) is 0 Å². The van der Waals surface area contributed by atoms with Crippen molar-refractivity contribution in [3.05, 3.63) is 17.8 Å². The summed E-state index contributed by atoms with van der Waals surface area (Å²) in [6.07, 6.45) is 1.08. The molecule has 3 heterocycles. The molecule has 9 nitrogen and oxygen atoms in total. The van der Waals surface area contributed by atoms with Crippen molar-refractivity contribution in [1.82, 2.24) is 24.1 Å². The molecule has 1 aliphatic rings. The number of nitrogens with zero attached hydrogens (tertiary/aromatic N) is 6. The molecule has 0 fully saturated rings. The number of alkyl halides is 3. The molecular weight excluding hydrogens is 341 g/mol. The van der Waals surface area contributed by atoms with Crippen LogP contribution < -0.4 is 0 Å². The lowest BCUT2D eigenvalue weighted by Gasteiger charge is -2.26. The van der Waals surface area contributed by atoms with Gasteiger partial charge in [0.05, 0.1) is 13.1 Å². The Morgan fingerprint density at radius 1 is 1.30 bits per heavy atom. The van der Waals surface area contributed by atoms with Crippen molar-refractivity contribution in [2.45, 2.75) is 18.6 Å². The summed E-state index contributed by atoms with van der Waals surface area (Å²) in [4.78, 5) is 7.70. The molecule has 23 heavy (non-hydrogen) atoms. The predicted octanol–water partition coefficient (Wildman–Crippen LogP) is 0.470. The van der Waals surface area contributed by atoms with E-state index in [1.807, 2.05) is 0 Å². The Bertz CT molecular complexity index is 894. The smallest absolute Gasteiger partial charge is 0.441 e. The standard InChI is InChI=1S/C10H7F3N6O3S/c11-10(12,13)23(20,21)18-1-2-19-7(4-18)16-8(17-19)9-15-6(3-14)5-22-9/h5H,1-2,4H2. The topological polar surface area (TPSA) is 118 Å². The van der Waals surface area contributed by atoms with Crippen molar-refractivity contribution >= 4 is 10.0 Å². The summed E-state index contributed by atoms with van der Waals surface area (Å²) in [6.45, 7) is -1.04. The first-order chi connectivity index (χ1) is 10.7. The predicted molar refractivity (Wildman–Crippen MR) is 65.6 cm³/mol. The molecule has 0 aromatic carbocycles. The Labute approximate surface area is 127 Å². The van der Waals surface area contributed by atoms with Crippen molar-refractivity contribution in [2.75, 3.05) is 6.54 Å². The van der Waals surface area contributed by atoms with Crippen molar-refractivity contribution in [3.63, 3.8) is 0 Å². The van der Waals surface area contributed by atoms with E-state index in [1.54, 1.807) is 6.07 Å². The SMILES string of the molecule is N#Cc1coc(-c2nc3n(n2)CCN(S(=O)(=O)C(F)(F)F)C3)n1. The molecule has 0 bridgehead atoms. The molecule has 13 heteroatoms. The molecule has 1 aliphatic heterocycles. The zero-order chi connectivity index (χ0) is 16.8. The third kappa shape index (κ3) is 2.55. The van der Waals surface area contributed by atoms with Gasteiger partial charge in [0, 0.05) is 6.54 Å². The number of rotatable bonds is 2. The molecule has 0 saturated heterocycles. The molecule has 0 atom stereocenters. The second-order valence-electron chi connectivity index (χ2n) is 4.51. The second kappa shape index (κ2) is 5.03. The average Bonchev–Trinajstić information content (AvgIpc) is 3.11. The molecule has 0 amide bonds. The van der Waals surface area contributed by atoms with E-state index in [1.165, 1.54) is 4.68 Å². The van der Waals surface area contributed by atoms with E-state index in [0.717, 1.165) is 6.26 Å². The highest BCUT2D eigenvalue weighted by Crippen LogP contribution is 2.29. The van der Waals surface area contributed by atoms with Crippen LogP contribution in [0.1, 0.15) is 11.5 Å². The lowest BCUT2D eigenvalue weighted by molar-refractivity contribution is -0.0496. The number of hydrogen-bond acceptors (Lipinski definition) is 7. The fourth-order valence-corrected chi connectivity index (χ4v) is 2.88. The first-order valence-corrected chi connectivity index (χ1v) is 7.52. The number of aromatic nitrogens is 4. The van der Waals surface area contributed by atoms with Crippen molar-refractivity contribution in [3.8, 4) is 17.8 Å². The monoisotopic (exact) mass is 348 g/mol. The van der Waals surface area contributed by atoms with Crippen LogP contribution in [0.15, 0.2) is 10.7 Å². The van der Waals surface area contributed by atoms with Crippen molar-refractivity contribution in [1.29, 1.82) is 5.26 Å². The summed E-state index contributed by atoms with van der Waals surface area (Å²) in [6, 6.07) is 1.74. The summed E-state index contributed by atoms with van der Waals surface area (Å²) in [7, 11) is -5.43. The maximum Gasteiger partial charge on any atom is 0.511 e. The Morgan fingerprint density at radius 3 is 2.65 bits per heavy atom. The number of oxazole rings is 1. The number of hydrogen-bond donors (Lipinski definition) is 0. The Kier molecular flexibility index (Phi) is 3.38. The summed E-state index contributed by atoms with van der Waals surface area (Å²) in [5.74, 6) is -0.0859.